The summed E-state index contributed by atoms with van der Waals surface area (Å²) in [6.07, 6.45) is 0. The van der Waals surface area contributed by atoms with E-state index in [4.69, 9.17) is 0 Å². The Hall–Kier alpha value is -0.860. The van der Waals surface area contributed by atoms with Crippen LogP contribution in [0.3, 0.4) is 0 Å². The van der Waals surface area contributed by atoms with Crippen molar-refractivity contribution in [3.8, 4) is 0 Å². The summed E-state index contributed by atoms with van der Waals surface area (Å²) in [7, 11) is 0. The molecule has 1 aromatic rings. The second-order valence-corrected chi connectivity index (χ2v) is 4.78. The number of anilines is 1. The smallest absolute Gasteiger partial charge is 0.265 e. The summed E-state index contributed by atoms with van der Waals surface area (Å²) >= 11 is 5.21. The van der Waals surface area contributed by atoms with Crippen LogP contribution in [0.5, 0.6) is 0 Å². The monoisotopic (exact) mass is 248 g/mol. The zero-order valence-electron chi connectivity index (χ0n) is 8.34. The third kappa shape index (κ3) is 3.65. The number of carbonyl (C=O) groups excluding carboxylic acids is 1. The van der Waals surface area contributed by atoms with Gasteiger partial charge in [-0.2, -0.15) is 0 Å². The van der Waals surface area contributed by atoms with Crippen LogP contribution < -0.4 is 5.32 Å². The maximum absolute atomic E-state index is 11.3. The number of hydrogen-bond donors (Lipinski definition) is 3. The van der Waals surface area contributed by atoms with E-state index in [9.17, 15) is 10.0 Å². The van der Waals surface area contributed by atoms with Crippen LogP contribution in [0, 0.1) is 0 Å². The fourth-order valence-electron chi connectivity index (χ4n) is 0.807. The molecule has 0 radical (unpaired) electrons. The number of nitrogens with one attached hydrogen (secondary N) is 1. The molecule has 6 nitrogen and oxygen atoms in total. The van der Waals surface area contributed by atoms with Gasteiger partial charge in [0.25, 0.3) is 5.91 Å². The molecule has 0 aromatic carbocycles. The van der Waals surface area contributed by atoms with Crippen LogP contribution in [0.25, 0.3) is 0 Å². The first-order chi connectivity index (χ1) is 7.00. The summed E-state index contributed by atoms with van der Waals surface area (Å²) in [6, 6.07) is -0.242. The van der Waals surface area contributed by atoms with Gasteiger partial charge in [-0.15, -0.1) is 22.8 Å². The van der Waals surface area contributed by atoms with E-state index in [1.165, 1.54) is 11.3 Å². The molecule has 0 atom stereocenters. The van der Waals surface area contributed by atoms with Crippen molar-refractivity contribution in [2.45, 2.75) is 24.2 Å². The highest BCUT2D eigenvalue weighted by Crippen LogP contribution is 2.17. The van der Waals surface area contributed by atoms with Crippen molar-refractivity contribution in [2.24, 2.45) is 0 Å². The summed E-state index contributed by atoms with van der Waals surface area (Å²) in [5.74, 6) is -0.416. The third-order valence-corrected chi connectivity index (χ3v) is 2.60. The van der Waals surface area contributed by atoms with Gasteiger partial charge in [0, 0.05) is 0 Å². The van der Waals surface area contributed by atoms with E-state index in [0.29, 0.717) is 14.5 Å². The minimum atomic E-state index is -0.416. The number of aromatic nitrogens is 2. The van der Waals surface area contributed by atoms with Crippen LogP contribution in [-0.2, 0) is 4.79 Å². The Kier molecular flexibility index (Phi) is 4.30. The molecular weight excluding hydrogens is 236 g/mol. The van der Waals surface area contributed by atoms with Gasteiger partial charge in [-0.3, -0.25) is 10.0 Å². The molecule has 2 N–H and O–H groups in total. The quantitative estimate of drug-likeness (QED) is 0.418. The van der Waals surface area contributed by atoms with Crippen molar-refractivity contribution < 1.29 is 10.0 Å². The van der Waals surface area contributed by atoms with Crippen molar-refractivity contribution >= 4 is 35.0 Å². The Labute approximate surface area is 96.7 Å². The van der Waals surface area contributed by atoms with Gasteiger partial charge in [0.05, 0.1) is 12.6 Å². The highest BCUT2D eigenvalue weighted by molar-refractivity contribution is 7.82. The topological polar surface area (TPSA) is 78.4 Å². The number of hydrogen-bond acceptors (Lipinski definition) is 7. The largest absolute Gasteiger partial charge is 0.351 e. The van der Waals surface area contributed by atoms with Crippen LogP contribution in [-0.4, -0.2) is 39.0 Å². The van der Waals surface area contributed by atoms with Gasteiger partial charge in [-0.1, -0.05) is 11.3 Å². The van der Waals surface area contributed by atoms with Gasteiger partial charge < -0.3 is 5.32 Å². The number of amides is 1. The molecule has 1 heterocycles. The SMILES string of the molecule is CC(C)N(O)C(=O)CNc1nnc(S)s1. The van der Waals surface area contributed by atoms with E-state index in [-0.39, 0.29) is 12.6 Å². The van der Waals surface area contributed by atoms with Crippen molar-refractivity contribution in [3.05, 3.63) is 0 Å². The fraction of sp³-hybridized carbons (Fsp3) is 0.571. The van der Waals surface area contributed by atoms with E-state index >= 15 is 0 Å². The normalized spacial score (nSPS) is 10.5. The summed E-state index contributed by atoms with van der Waals surface area (Å²) in [5, 5.41) is 20.6. The molecular formula is C7H12N4O2S2. The maximum atomic E-state index is 11.3. The molecule has 0 saturated carbocycles. The zero-order valence-corrected chi connectivity index (χ0v) is 10.0. The summed E-state index contributed by atoms with van der Waals surface area (Å²) in [5.41, 5.74) is 0. The molecule has 0 aliphatic rings. The Bertz CT molecular complexity index is 341. The number of carbonyl (C=O) groups is 1. The lowest BCUT2D eigenvalue weighted by Gasteiger charge is -2.18. The number of hydroxylamine groups is 2. The predicted octanol–water partition coefficient (Wildman–Crippen LogP) is 0.865. The molecule has 8 heteroatoms. The van der Waals surface area contributed by atoms with E-state index in [2.05, 4.69) is 28.1 Å². The second kappa shape index (κ2) is 5.29. The standard InChI is InChI=1S/C7H12N4O2S2/c1-4(2)11(13)5(12)3-8-6-9-10-7(14)15-6/h4,13H,3H2,1-2H3,(H,8,9)(H,10,14). The third-order valence-electron chi connectivity index (χ3n) is 1.55. The van der Waals surface area contributed by atoms with Gasteiger partial charge in [0.15, 0.2) is 4.34 Å². The van der Waals surface area contributed by atoms with Crippen molar-refractivity contribution in [3.63, 3.8) is 0 Å². The first-order valence-electron chi connectivity index (χ1n) is 4.28. The lowest BCUT2D eigenvalue weighted by molar-refractivity contribution is -0.170. The van der Waals surface area contributed by atoms with Crippen molar-refractivity contribution in [1.82, 2.24) is 15.3 Å². The predicted molar refractivity (Wildman–Crippen MR) is 59.4 cm³/mol. The fourth-order valence-corrected chi connectivity index (χ4v) is 1.59. The van der Waals surface area contributed by atoms with Gasteiger partial charge in [0.1, 0.15) is 0 Å². The molecule has 84 valence electrons. The lowest BCUT2D eigenvalue weighted by Crippen LogP contribution is -2.37. The second-order valence-electron chi connectivity index (χ2n) is 3.08. The van der Waals surface area contributed by atoms with Crippen LogP contribution >= 0.6 is 24.0 Å². The molecule has 1 rings (SSSR count). The van der Waals surface area contributed by atoms with E-state index in [1.807, 2.05) is 0 Å². The molecule has 0 aliphatic heterocycles. The summed E-state index contributed by atoms with van der Waals surface area (Å²) < 4.78 is 0.523. The molecule has 0 fully saturated rings. The summed E-state index contributed by atoms with van der Waals surface area (Å²) in [4.78, 5) is 11.3. The molecule has 15 heavy (non-hydrogen) atoms. The Balaban J connectivity index is 2.40. The van der Waals surface area contributed by atoms with Crippen LogP contribution in [0.1, 0.15) is 13.8 Å². The zero-order chi connectivity index (χ0) is 11.4. The number of nitrogens with zero attached hydrogens (tertiary/aromatic N) is 3. The highest BCUT2D eigenvalue weighted by atomic mass is 32.2. The van der Waals surface area contributed by atoms with Gasteiger partial charge in [-0.05, 0) is 13.8 Å². The molecule has 0 aliphatic carbocycles. The van der Waals surface area contributed by atoms with Crippen molar-refractivity contribution in [2.75, 3.05) is 11.9 Å². The molecule has 1 aromatic heterocycles. The van der Waals surface area contributed by atoms with E-state index in [0.717, 1.165) is 0 Å². The molecule has 0 unspecified atom stereocenters. The van der Waals surface area contributed by atoms with Crippen molar-refractivity contribution in [1.29, 1.82) is 0 Å². The molecule has 0 spiro atoms. The Morgan fingerprint density at radius 3 is 2.80 bits per heavy atom. The van der Waals surface area contributed by atoms with E-state index in [1.54, 1.807) is 13.8 Å². The first-order valence-corrected chi connectivity index (χ1v) is 5.54. The molecule has 0 saturated heterocycles. The minimum Gasteiger partial charge on any atom is -0.351 e. The number of rotatable bonds is 4. The van der Waals surface area contributed by atoms with Crippen LogP contribution in [0.2, 0.25) is 0 Å². The van der Waals surface area contributed by atoms with Crippen LogP contribution in [0.15, 0.2) is 4.34 Å². The Morgan fingerprint density at radius 2 is 2.33 bits per heavy atom. The van der Waals surface area contributed by atoms with E-state index < -0.39 is 5.91 Å². The number of thiol groups is 1. The van der Waals surface area contributed by atoms with Gasteiger partial charge in [0.2, 0.25) is 5.13 Å². The minimum absolute atomic E-state index is 0.0168. The summed E-state index contributed by atoms with van der Waals surface area (Å²) in [6.45, 7) is 3.42. The average Bonchev–Trinajstić information content (AvgIpc) is 2.59. The first kappa shape index (κ1) is 12.2. The Morgan fingerprint density at radius 1 is 1.67 bits per heavy atom. The highest BCUT2D eigenvalue weighted by Gasteiger charge is 2.14. The lowest BCUT2D eigenvalue weighted by atomic mass is 10.4. The average molecular weight is 248 g/mol. The molecule has 0 bridgehead atoms. The maximum Gasteiger partial charge on any atom is 0.265 e. The van der Waals surface area contributed by atoms with Gasteiger partial charge in [-0.25, -0.2) is 5.06 Å². The van der Waals surface area contributed by atoms with Crippen LogP contribution in [0.4, 0.5) is 5.13 Å². The molecule has 1 amide bonds. The van der Waals surface area contributed by atoms with Gasteiger partial charge >= 0.3 is 0 Å².